The van der Waals surface area contributed by atoms with Crippen LogP contribution in [0.15, 0.2) is 36.4 Å². The molecule has 0 saturated carbocycles. The molecule has 0 saturated heterocycles. The average Bonchev–Trinajstić information content (AvgIpc) is 2.53. The summed E-state index contributed by atoms with van der Waals surface area (Å²) in [6.45, 7) is 1.30. The van der Waals surface area contributed by atoms with Gasteiger partial charge in [0, 0.05) is 0 Å². The number of halogens is 1. The molecule has 0 aliphatic carbocycles. The van der Waals surface area contributed by atoms with Gasteiger partial charge in [0.25, 0.3) is 0 Å². The Hall–Kier alpha value is -2.38. The van der Waals surface area contributed by atoms with Crippen LogP contribution in [0.5, 0.6) is 17.2 Å². The van der Waals surface area contributed by atoms with Gasteiger partial charge in [-0.15, -0.1) is 0 Å². The summed E-state index contributed by atoms with van der Waals surface area (Å²) in [6.07, 6.45) is 0. The Morgan fingerprint density at radius 3 is 2.86 bits per heavy atom. The summed E-state index contributed by atoms with van der Waals surface area (Å²) in [4.78, 5) is 0. The van der Waals surface area contributed by atoms with Crippen LogP contribution in [-0.2, 0) is 6.61 Å². The first-order valence-electron chi connectivity index (χ1n) is 6.48. The van der Waals surface area contributed by atoms with Crippen molar-refractivity contribution in [1.29, 1.82) is 5.26 Å². The standard InChI is InChI=1S/C16H12ClNO3/c17-13-7-11(8-15-16(13)20-6-5-19-15)10-21-14-4-2-1-3-12(14)9-18/h1-4,7-8H,5-6,10H2. The molecule has 0 spiro atoms. The number of para-hydroxylation sites is 1. The Balaban J connectivity index is 1.80. The lowest BCUT2D eigenvalue weighted by atomic mass is 10.2. The zero-order chi connectivity index (χ0) is 14.7. The number of benzene rings is 2. The molecule has 0 unspecified atom stereocenters. The molecule has 0 amide bonds. The van der Waals surface area contributed by atoms with Crippen molar-refractivity contribution in [2.75, 3.05) is 13.2 Å². The average molecular weight is 302 g/mol. The summed E-state index contributed by atoms with van der Waals surface area (Å²) in [5.41, 5.74) is 1.36. The zero-order valence-electron chi connectivity index (χ0n) is 11.1. The minimum Gasteiger partial charge on any atom is -0.488 e. The van der Waals surface area contributed by atoms with Gasteiger partial charge in [-0.2, -0.15) is 5.26 Å². The van der Waals surface area contributed by atoms with Crippen molar-refractivity contribution in [3.05, 3.63) is 52.5 Å². The highest BCUT2D eigenvalue weighted by Gasteiger charge is 2.17. The van der Waals surface area contributed by atoms with Gasteiger partial charge in [0.1, 0.15) is 31.6 Å². The van der Waals surface area contributed by atoms with Crippen LogP contribution in [0, 0.1) is 11.3 Å². The topological polar surface area (TPSA) is 51.5 Å². The van der Waals surface area contributed by atoms with Gasteiger partial charge < -0.3 is 14.2 Å². The summed E-state index contributed by atoms with van der Waals surface area (Å²) in [6, 6.07) is 12.8. The van der Waals surface area contributed by atoms with Gasteiger partial charge in [0.15, 0.2) is 11.5 Å². The highest BCUT2D eigenvalue weighted by Crippen LogP contribution is 2.38. The van der Waals surface area contributed by atoms with Crippen molar-refractivity contribution >= 4 is 11.6 Å². The van der Waals surface area contributed by atoms with E-state index in [1.165, 1.54) is 0 Å². The van der Waals surface area contributed by atoms with Gasteiger partial charge in [-0.25, -0.2) is 0 Å². The van der Waals surface area contributed by atoms with Gasteiger partial charge >= 0.3 is 0 Å². The second-order valence-corrected chi connectivity index (χ2v) is 4.91. The van der Waals surface area contributed by atoms with Crippen LogP contribution in [0.3, 0.4) is 0 Å². The maximum Gasteiger partial charge on any atom is 0.179 e. The Labute approximate surface area is 127 Å². The van der Waals surface area contributed by atoms with Crippen molar-refractivity contribution in [3.8, 4) is 23.3 Å². The molecule has 21 heavy (non-hydrogen) atoms. The molecular formula is C16H12ClNO3. The van der Waals surface area contributed by atoms with E-state index in [0.29, 0.717) is 47.7 Å². The summed E-state index contributed by atoms with van der Waals surface area (Å²) in [5, 5.41) is 9.53. The minimum absolute atomic E-state index is 0.301. The third-order valence-electron chi connectivity index (χ3n) is 3.06. The molecule has 0 bridgehead atoms. The largest absolute Gasteiger partial charge is 0.488 e. The van der Waals surface area contributed by atoms with Crippen LogP contribution in [-0.4, -0.2) is 13.2 Å². The van der Waals surface area contributed by atoms with Crippen LogP contribution >= 0.6 is 11.6 Å². The number of nitrogens with zero attached hydrogens (tertiary/aromatic N) is 1. The fourth-order valence-corrected chi connectivity index (χ4v) is 2.38. The second kappa shape index (κ2) is 5.94. The number of nitriles is 1. The van der Waals surface area contributed by atoms with E-state index < -0.39 is 0 Å². The minimum atomic E-state index is 0.301. The molecule has 5 heteroatoms. The Morgan fingerprint density at radius 2 is 2.00 bits per heavy atom. The normalized spacial score (nSPS) is 12.6. The van der Waals surface area contributed by atoms with Crippen molar-refractivity contribution < 1.29 is 14.2 Å². The molecule has 0 atom stereocenters. The number of ether oxygens (including phenoxy) is 3. The molecule has 2 aromatic rings. The molecule has 0 radical (unpaired) electrons. The van der Waals surface area contributed by atoms with Crippen molar-refractivity contribution in [2.45, 2.75) is 6.61 Å². The van der Waals surface area contributed by atoms with Crippen LogP contribution in [0.2, 0.25) is 5.02 Å². The van der Waals surface area contributed by atoms with E-state index in [4.69, 9.17) is 31.1 Å². The Bertz CT molecular complexity index is 709. The van der Waals surface area contributed by atoms with Crippen molar-refractivity contribution in [1.82, 2.24) is 0 Å². The third kappa shape index (κ3) is 2.88. The molecule has 1 aliphatic heterocycles. The maximum absolute atomic E-state index is 9.03. The van der Waals surface area contributed by atoms with E-state index in [2.05, 4.69) is 6.07 Å². The zero-order valence-corrected chi connectivity index (χ0v) is 11.9. The molecule has 4 nitrogen and oxygen atoms in total. The predicted octanol–water partition coefficient (Wildman–Crippen LogP) is 3.56. The van der Waals surface area contributed by atoms with E-state index in [9.17, 15) is 0 Å². The maximum atomic E-state index is 9.03. The fourth-order valence-electron chi connectivity index (χ4n) is 2.09. The van der Waals surface area contributed by atoms with E-state index in [1.807, 2.05) is 12.1 Å². The third-order valence-corrected chi connectivity index (χ3v) is 3.34. The number of fused-ring (bicyclic) bond motifs is 1. The van der Waals surface area contributed by atoms with Gasteiger partial charge in [-0.05, 0) is 29.8 Å². The number of rotatable bonds is 3. The lowest BCUT2D eigenvalue weighted by Crippen LogP contribution is -2.16. The number of hydrogen-bond donors (Lipinski definition) is 0. The van der Waals surface area contributed by atoms with Gasteiger partial charge in [-0.3, -0.25) is 0 Å². The molecule has 0 N–H and O–H groups in total. The molecule has 0 fully saturated rings. The lowest BCUT2D eigenvalue weighted by Gasteiger charge is -2.20. The molecule has 0 aromatic heterocycles. The van der Waals surface area contributed by atoms with Gasteiger partial charge in [0.2, 0.25) is 0 Å². The van der Waals surface area contributed by atoms with E-state index in [-0.39, 0.29) is 0 Å². The summed E-state index contributed by atoms with van der Waals surface area (Å²) in [7, 11) is 0. The SMILES string of the molecule is N#Cc1ccccc1OCc1cc(Cl)c2c(c1)OCCO2. The van der Waals surface area contributed by atoms with Crippen LogP contribution in [0.1, 0.15) is 11.1 Å². The summed E-state index contributed by atoms with van der Waals surface area (Å²) < 4.78 is 16.7. The smallest absolute Gasteiger partial charge is 0.179 e. The monoisotopic (exact) mass is 301 g/mol. The quantitative estimate of drug-likeness (QED) is 0.870. The number of hydrogen-bond acceptors (Lipinski definition) is 4. The van der Waals surface area contributed by atoms with Gasteiger partial charge in [0.05, 0.1) is 10.6 Å². The highest BCUT2D eigenvalue weighted by molar-refractivity contribution is 6.32. The lowest BCUT2D eigenvalue weighted by molar-refractivity contribution is 0.171. The van der Waals surface area contributed by atoms with Crippen LogP contribution in [0.25, 0.3) is 0 Å². The first-order chi connectivity index (χ1) is 10.3. The molecular weight excluding hydrogens is 290 g/mol. The molecule has 2 aromatic carbocycles. The van der Waals surface area contributed by atoms with Crippen LogP contribution in [0.4, 0.5) is 0 Å². The first kappa shape index (κ1) is 13.6. The van der Waals surface area contributed by atoms with E-state index in [1.54, 1.807) is 24.3 Å². The summed E-state index contributed by atoms with van der Waals surface area (Å²) >= 11 is 6.17. The van der Waals surface area contributed by atoms with E-state index in [0.717, 1.165) is 5.56 Å². The fraction of sp³-hybridized carbons (Fsp3) is 0.188. The molecule has 1 aliphatic rings. The highest BCUT2D eigenvalue weighted by atomic mass is 35.5. The van der Waals surface area contributed by atoms with E-state index >= 15 is 0 Å². The van der Waals surface area contributed by atoms with Crippen molar-refractivity contribution in [2.24, 2.45) is 0 Å². The van der Waals surface area contributed by atoms with Crippen LogP contribution < -0.4 is 14.2 Å². The first-order valence-corrected chi connectivity index (χ1v) is 6.85. The molecule has 106 valence electrons. The van der Waals surface area contributed by atoms with Gasteiger partial charge in [-0.1, -0.05) is 23.7 Å². The summed E-state index contributed by atoms with van der Waals surface area (Å²) in [5.74, 6) is 1.75. The van der Waals surface area contributed by atoms with Crippen molar-refractivity contribution in [3.63, 3.8) is 0 Å². The molecule has 3 rings (SSSR count). The predicted molar refractivity (Wildman–Crippen MR) is 77.9 cm³/mol. The second-order valence-electron chi connectivity index (χ2n) is 4.50. The Kier molecular flexibility index (Phi) is 3.85. The Morgan fingerprint density at radius 1 is 1.19 bits per heavy atom. The molecule has 1 heterocycles.